The normalized spacial score (nSPS) is 23.0. The highest BCUT2D eigenvalue weighted by Crippen LogP contribution is 2.22. The summed E-state index contributed by atoms with van der Waals surface area (Å²) in [4.78, 5) is 15.5. The van der Waals surface area contributed by atoms with Gasteiger partial charge in [0, 0.05) is 5.25 Å². The monoisotopic (exact) mass is 223 g/mol. The summed E-state index contributed by atoms with van der Waals surface area (Å²) in [6.45, 7) is 2.87. The molecule has 0 bridgehead atoms. The molecule has 1 amide bonds. The number of rotatable bonds is 2. The van der Waals surface area contributed by atoms with Gasteiger partial charge in [0.2, 0.25) is 0 Å². The second-order valence-electron chi connectivity index (χ2n) is 3.20. The third-order valence-corrected chi connectivity index (χ3v) is 3.37. The molecule has 1 atom stereocenters. The molecule has 2 heterocycles. The van der Waals surface area contributed by atoms with Crippen LogP contribution in [0.5, 0.6) is 0 Å². The zero-order chi connectivity index (χ0) is 10.7. The zero-order valence-electron chi connectivity index (χ0n) is 8.34. The molecule has 1 aromatic heterocycles. The van der Waals surface area contributed by atoms with E-state index in [9.17, 15) is 4.79 Å². The summed E-state index contributed by atoms with van der Waals surface area (Å²) < 4.78 is 4.81. The number of amidine groups is 1. The molecule has 1 aliphatic rings. The van der Waals surface area contributed by atoms with Gasteiger partial charge in [-0.15, -0.1) is 0 Å². The largest absolute Gasteiger partial charge is 0.472 e. The van der Waals surface area contributed by atoms with Crippen molar-refractivity contribution in [3.63, 3.8) is 0 Å². The average molecular weight is 223 g/mol. The molecule has 0 aliphatic carbocycles. The smallest absolute Gasteiger partial charge is 0.282 e. The van der Waals surface area contributed by atoms with Gasteiger partial charge in [0.25, 0.3) is 5.91 Å². The van der Waals surface area contributed by atoms with Crippen molar-refractivity contribution in [3.05, 3.63) is 24.2 Å². The number of hydrogen-bond acceptors (Lipinski definition) is 3. The number of thioether (sulfide) groups is 1. The fourth-order valence-corrected chi connectivity index (χ4v) is 2.11. The van der Waals surface area contributed by atoms with Crippen LogP contribution in [0.15, 0.2) is 28.0 Å². The highest BCUT2D eigenvalue weighted by Gasteiger charge is 2.22. The predicted molar refractivity (Wildman–Crippen MR) is 59.1 cm³/mol. The molecule has 1 unspecified atom stereocenters. The van der Waals surface area contributed by atoms with E-state index in [0.29, 0.717) is 16.0 Å². The van der Waals surface area contributed by atoms with E-state index in [1.54, 1.807) is 17.8 Å². The molecule has 1 aromatic rings. The van der Waals surface area contributed by atoms with Crippen molar-refractivity contribution < 1.29 is 9.21 Å². The molecule has 1 aliphatic heterocycles. The van der Waals surface area contributed by atoms with E-state index in [-0.39, 0.29) is 5.91 Å². The van der Waals surface area contributed by atoms with Crippen molar-refractivity contribution >= 4 is 22.8 Å². The predicted octanol–water partition coefficient (Wildman–Crippen LogP) is 1.91. The molecule has 0 aromatic carbocycles. The van der Waals surface area contributed by atoms with Gasteiger partial charge in [-0.1, -0.05) is 18.7 Å². The molecular formula is C10H11N2O2S. The van der Waals surface area contributed by atoms with Gasteiger partial charge in [0.15, 0.2) is 5.17 Å². The fraction of sp³-hybridized carbons (Fsp3) is 0.400. The molecule has 4 nitrogen and oxygen atoms in total. The van der Waals surface area contributed by atoms with E-state index in [0.717, 1.165) is 13.0 Å². The number of furan rings is 1. The van der Waals surface area contributed by atoms with Crippen LogP contribution >= 0.6 is 11.8 Å². The van der Waals surface area contributed by atoms with Gasteiger partial charge in [-0.05, 0) is 12.5 Å². The van der Waals surface area contributed by atoms with Crippen molar-refractivity contribution in [3.8, 4) is 0 Å². The summed E-state index contributed by atoms with van der Waals surface area (Å²) in [6, 6.07) is 1.60. The minimum absolute atomic E-state index is 0.285. The topological polar surface area (TPSA) is 56.7 Å². The first-order valence-electron chi connectivity index (χ1n) is 4.79. The maximum Gasteiger partial charge on any atom is 0.282 e. The second-order valence-corrected chi connectivity index (χ2v) is 4.47. The van der Waals surface area contributed by atoms with Crippen LogP contribution in [0.2, 0.25) is 0 Å². The van der Waals surface area contributed by atoms with E-state index >= 15 is 0 Å². The molecule has 2 rings (SSSR count). The first-order chi connectivity index (χ1) is 7.29. The van der Waals surface area contributed by atoms with Crippen LogP contribution in [0.25, 0.3) is 0 Å². The van der Waals surface area contributed by atoms with Crippen molar-refractivity contribution in [2.24, 2.45) is 4.99 Å². The van der Waals surface area contributed by atoms with Gasteiger partial charge >= 0.3 is 0 Å². The highest BCUT2D eigenvalue weighted by atomic mass is 32.2. The van der Waals surface area contributed by atoms with Gasteiger partial charge in [-0.2, -0.15) is 4.99 Å². The molecule has 5 heteroatoms. The summed E-state index contributed by atoms with van der Waals surface area (Å²) in [5.41, 5.74) is 0.471. The maximum absolute atomic E-state index is 11.5. The van der Waals surface area contributed by atoms with Crippen LogP contribution in [0.1, 0.15) is 23.7 Å². The highest BCUT2D eigenvalue weighted by molar-refractivity contribution is 8.14. The molecule has 79 valence electrons. The Labute approximate surface area is 92.1 Å². The van der Waals surface area contributed by atoms with Crippen LogP contribution in [0.3, 0.4) is 0 Å². The lowest BCUT2D eigenvalue weighted by Gasteiger charge is -1.97. The Morgan fingerprint density at radius 3 is 3.27 bits per heavy atom. The van der Waals surface area contributed by atoms with E-state index < -0.39 is 0 Å². The van der Waals surface area contributed by atoms with Crippen LogP contribution in [-0.4, -0.2) is 22.9 Å². The average Bonchev–Trinajstić information content (AvgIpc) is 2.87. The second kappa shape index (κ2) is 4.53. The summed E-state index contributed by atoms with van der Waals surface area (Å²) in [5, 5.41) is 5.26. The Morgan fingerprint density at radius 2 is 2.67 bits per heavy atom. The molecule has 0 saturated carbocycles. The van der Waals surface area contributed by atoms with E-state index in [2.05, 4.69) is 17.2 Å². The van der Waals surface area contributed by atoms with Gasteiger partial charge in [-0.3, -0.25) is 10.1 Å². The first-order valence-corrected chi connectivity index (χ1v) is 5.67. The molecule has 0 N–H and O–H groups in total. The zero-order valence-corrected chi connectivity index (χ0v) is 9.16. The standard InChI is InChI=1S/C10H11N2O2S/c1-2-8-5-11-10(15-8)12-9(13)7-3-4-14-6-7/h3-4,6,8H,2,5H2,1H3. The SMILES string of the molecule is CCC1C[N]C(=NC(=O)c2ccoc2)S1. The Bertz CT molecular complexity index is 373. The quantitative estimate of drug-likeness (QED) is 0.769. The fourth-order valence-electron chi connectivity index (χ4n) is 1.22. The van der Waals surface area contributed by atoms with Gasteiger partial charge in [0.05, 0.1) is 18.4 Å². The summed E-state index contributed by atoms with van der Waals surface area (Å²) >= 11 is 1.57. The number of carbonyl (C=O) groups is 1. The minimum atomic E-state index is -0.285. The van der Waals surface area contributed by atoms with Gasteiger partial charge < -0.3 is 4.42 Å². The first kappa shape index (κ1) is 10.3. The Balaban J connectivity index is 2.02. The Morgan fingerprint density at radius 1 is 1.80 bits per heavy atom. The van der Waals surface area contributed by atoms with Gasteiger partial charge in [0.1, 0.15) is 6.26 Å². The lowest BCUT2D eigenvalue weighted by molar-refractivity contribution is 0.100. The van der Waals surface area contributed by atoms with Crippen molar-refractivity contribution in [2.75, 3.05) is 6.54 Å². The minimum Gasteiger partial charge on any atom is -0.472 e. The number of carbonyl (C=O) groups excluding carboxylic acids is 1. The third-order valence-electron chi connectivity index (χ3n) is 2.12. The van der Waals surface area contributed by atoms with E-state index in [4.69, 9.17) is 4.42 Å². The van der Waals surface area contributed by atoms with Crippen LogP contribution in [0.4, 0.5) is 0 Å². The molecule has 0 spiro atoms. The van der Waals surface area contributed by atoms with E-state index in [1.165, 1.54) is 12.5 Å². The molecule has 1 fully saturated rings. The van der Waals surface area contributed by atoms with E-state index in [1.807, 2.05) is 0 Å². The van der Waals surface area contributed by atoms with Crippen LogP contribution in [0, 0.1) is 0 Å². The van der Waals surface area contributed by atoms with Crippen molar-refractivity contribution in [1.82, 2.24) is 5.32 Å². The van der Waals surface area contributed by atoms with Crippen molar-refractivity contribution in [1.29, 1.82) is 0 Å². The Hall–Kier alpha value is -1.23. The summed E-state index contributed by atoms with van der Waals surface area (Å²) in [6.07, 6.45) is 3.90. The molecule has 1 saturated heterocycles. The number of nitrogens with zero attached hydrogens (tertiary/aromatic N) is 2. The molecule has 1 radical (unpaired) electrons. The third kappa shape index (κ3) is 2.41. The Kier molecular flexibility index (Phi) is 3.11. The lowest BCUT2D eigenvalue weighted by Crippen LogP contribution is -2.09. The van der Waals surface area contributed by atoms with Crippen LogP contribution in [-0.2, 0) is 0 Å². The number of aliphatic imine (C=N–C) groups is 1. The lowest BCUT2D eigenvalue weighted by atomic mass is 10.3. The summed E-state index contributed by atoms with van der Waals surface area (Å²) in [7, 11) is 0. The summed E-state index contributed by atoms with van der Waals surface area (Å²) in [5.74, 6) is -0.285. The molecular weight excluding hydrogens is 212 g/mol. The number of amides is 1. The molecule has 15 heavy (non-hydrogen) atoms. The maximum atomic E-state index is 11.5. The van der Waals surface area contributed by atoms with Gasteiger partial charge in [-0.25, -0.2) is 0 Å². The van der Waals surface area contributed by atoms with Crippen LogP contribution < -0.4 is 5.32 Å². The van der Waals surface area contributed by atoms with Crippen molar-refractivity contribution in [2.45, 2.75) is 18.6 Å². The number of hydrogen-bond donors (Lipinski definition) is 0.